The summed E-state index contributed by atoms with van der Waals surface area (Å²) in [6, 6.07) is 9.36. The maximum atomic E-state index is 12.5. The monoisotopic (exact) mass is 416 g/mol. The highest BCUT2D eigenvalue weighted by molar-refractivity contribution is 5.83. The highest BCUT2D eigenvalue weighted by Crippen LogP contribution is 2.28. The maximum absolute atomic E-state index is 12.5. The Bertz CT molecular complexity index is 1190. The minimum absolute atomic E-state index is 0.0156. The molecule has 1 aromatic carbocycles. The van der Waals surface area contributed by atoms with E-state index in [2.05, 4.69) is 34.9 Å². The van der Waals surface area contributed by atoms with E-state index in [1.165, 1.54) is 0 Å². The van der Waals surface area contributed by atoms with Gasteiger partial charge >= 0.3 is 18.2 Å². The molecule has 0 aliphatic rings. The SMILES string of the molecule is O=C(Nc1cnc(-c2noc(C(F)(F)F)n2)cn1)OCc1cnc2ccccc2c1. The Morgan fingerprint density at radius 1 is 1.10 bits per heavy atom. The molecular formula is C18H11F3N6O3. The molecule has 0 fully saturated rings. The van der Waals surface area contributed by atoms with E-state index in [-0.39, 0.29) is 23.9 Å². The molecule has 0 aliphatic carbocycles. The lowest BCUT2D eigenvalue weighted by Crippen LogP contribution is -2.14. The molecule has 30 heavy (non-hydrogen) atoms. The van der Waals surface area contributed by atoms with Crippen LogP contribution in [0.5, 0.6) is 0 Å². The second kappa shape index (κ2) is 7.73. The lowest BCUT2D eigenvalue weighted by atomic mass is 10.2. The molecule has 0 atom stereocenters. The van der Waals surface area contributed by atoms with Crippen LogP contribution >= 0.6 is 0 Å². The van der Waals surface area contributed by atoms with E-state index < -0.39 is 18.2 Å². The van der Waals surface area contributed by atoms with Crippen molar-refractivity contribution >= 4 is 22.8 Å². The van der Waals surface area contributed by atoms with Crippen LogP contribution in [0.15, 0.2) is 53.4 Å². The number of nitrogens with one attached hydrogen (secondary N) is 1. The fraction of sp³-hybridized carbons (Fsp3) is 0.111. The minimum atomic E-state index is -4.76. The molecule has 0 radical (unpaired) electrons. The number of hydrogen-bond acceptors (Lipinski definition) is 8. The first-order valence-electron chi connectivity index (χ1n) is 8.39. The molecule has 0 aliphatic heterocycles. The van der Waals surface area contributed by atoms with E-state index in [1.54, 1.807) is 6.20 Å². The minimum Gasteiger partial charge on any atom is -0.444 e. The zero-order valence-electron chi connectivity index (χ0n) is 14.9. The van der Waals surface area contributed by atoms with E-state index in [9.17, 15) is 18.0 Å². The number of para-hydroxylation sites is 1. The van der Waals surface area contributed by atoms with Crippen molar-refractivity contribution in [2.45, 2.75) is 12.8 Å². The highest BCUT2D eigenvalue weighted by Gasteiger charge is 2.38. The fourth-order valence-corrected chi connectivity index (χ4v) is 2.44. The van der Waals surface area contributed by atoms with Gasteiger partial charge in [-0.3, -0.25) is 10.3 Å². The van der Waals surface area contributed by atoms with Crippen LogP contribution in [0.1, 0.15) is 11.5 Å². The first kappa shape index (κ1) is 19.2. The normalized spacial score (nSPS) is 11.4. The van der Waals surface area contributed by atoms with Crippen molar-refractivity contribution < 1.29 is 27.2 Å². The molecule has 3 heterocycles. The Labute approximate surface area is 165 Å². The van der Waals surface area contributed by atoms with Crippen molar-refractivity contribution in [3.63, 3.8) is 0 Å². The van der Waals surface area contributed by atoms with Crippen molar-refractivity contribution in [1.82, 2.24) is 25.1 Å². The average molecular weight is 416 g/mol. The summed E-state index contributed by atoms with van der Waals surface area (Å²) >= 11 is 0. The number of pyridine rings is 1. The smallest absolute Gasteiger partial charge is 0.444 e. The third kappa shape index (κ3) is 4.32. The molecule has 0 saturated heterocycles. The van der Waals surface area contributed by atoms with Gasteiger partial charge in [-0.1, -0.05) is 23.4 Å². The quantitative estimate of drug-likeness (QED) is 0.533. The van der Waals surface area contributed by atoms with Crippen LogP contribution in [-0.2, 0) is 17.5 Å². The van der Waals surface area contributed by atoms with Crippen LogP contribution in [-0.4, -0.2) is 31.2 Å². The molecule has 3 aromatic heterocycles. The molecule has 1 N–H and O–H groups in total. The van der Waals surface area contributed by atoms with Crippen molar-refractivity contribution in [1.29, 1.82) is 0 Å². The van der Waals surface area contributed by atoms with Crippen LogP contribution in [0.2, 0.25) is 0 Å². The van der Waals surface area contributed by atoms with E-state index >= 15 is 0 Å². The number of anilines is 1. The predicted octanol–water partition coefficient (Wildman–Crippen LogP) is 3.84. The second-order valence-corrected chi connectivity index (χ2v) is 5.95. The zero-order valence-corrected chi connectivity index (χ0v) is 14.9. The maximum Gasteiger partial charge on any atom is 0.471 e. The molecular weight excluding hydrogens is 405 g/mol. The van der Waals surface area contributed by atoms with Gasteiger partial charge in [-0.05, 0) is 12.1 Å². The van der Waals surface area contributed by atoms with Gasteiger partial charge in [0.2, 0.25) is 5.82 Å². The number of alkyl halides is 3. The number of rotatable bonds is 4. The summed E-state index contributed by atoms with van der Waals surface area (Å²) in [4.78, 5) is 27.1. The fourth-order valence-electron chi connectivity index (χ4n) is 2.44. The zero-order chi connectivity index (χ0) is 21.1. The van der Waals surface area contributed by atoms with Gasteiger partial charge in [0.25, 0.3) is 0 Å². The van der Waals surface area contributed by atoms with Crippen LogP contribution < -0.4 is 5.32 Å². The van der Waals surface area contributed by atoms with Gasteiger partial charge < -0.3 is 9.26 Å². The Kier molecular flexibility index (Phi) is 4.96. The summed E-state index contributed by atoms with van der Waals surface area (Å²) in [7, 11) is 0. The molecule has 0 saturated carbocycles. The van der Waals surface area contributed by atoms with Crippen molar-refractivity contribution in [3.05, 3.63) is 60.4 Å². The molecule has 152 valence electrons. The van der Waals surface area contributed by atoms with E-state index in [0.717, 1.165) is 23.3 Å². The van der Waals surface area contributed by atoms with Gasteiger partial charge in [0, 0.05) is 17.1 Å². The number of amides is 1. The number of ether oxygens (including phenoxy) is 1. The highest BCUT2D eigenvalue weighted by atomic mass is 19.4. The summed E-state index contributed by atoms with van der Waals surface area (Å²) in [5, 5.41) is 6.47. The largest absolute Gasteiger partial charge is 0.471 e. The molecule has 12 heteroatoms. The van der Waals surface area contributed by atoms with E-state index in [4.69, 9.17) is 4.74 Å². The number of aromatic nitrogens is 5. The Morgan fingerprint density at radius 3 is 2.67 bits per heavy atom. The van der Waals surface area contributed by atoms with Crippen molar-refractivity contribution in [2.75, 3.05) is 5.32 Å². The Hall–Kier alpha value is -4.09. The van der Waals surface area contributed by atoms with E-state index in [0.29, 0.717) is 5.56 Å². The number of halogens is 3. The van der Waals surface area contributed by atoms with Crippen LogP contribution in [0.4, 0.5) is 23.8 Å². The lowest BCUT2D eigenvalue weighted by molar-refractivity contribution is -0.159. The number of carbonyl (C=O) groups is 1. The molecule has 0 spiro atoms. The van der Waals surface area contributed by atoms with Crippen molar-refractivity contribution in [3.8, 4) is 11.5 Å². The molecule has 0 unspecified atom stereocenters. The summed E-state index contributed by atoms with van der Waals surface area (Å²) in [5.41, 5.74) is 1.46. The number of nitrogens with zero attached hydrogens (tertiary/aromatic N) is 5. The number of carbonyl (C=O) groups excluding carboxylic acids is 1. The van der Waals surface area contributed by atoms with Gasteiger partial charge in [0.1, 0.15) is 12.3 Å². The standard InChI is InChI=1S/C18H11F3N6O3/c19-18(20,21)16-26-15(27-30-16)13-7-24-14(8-23-13)25-17(28)29-9-10-5-11-3-1-2-4-12(11)22-6-10/h1-8H,9H2,(H,24,25,28). The molecule has 0 bridgehead atoms. The molecule has 4 rings (SSSR count). The lowest BCUT2D eigenvalue weighted by Gasteiger charge is -2.07. The van der Waals surface area contributed by atoms with Crippen molar-refractivity contribution in [2.24, 2.45) is 0 Å². The van der Waals surface area contributed by atoms with Gasteiger partial charge in [0.05, 0.1) is 17.9 Å². The molecule has 4 aromatic rings. The predicted molar refractivity (Wildman–Crippen MR) is 95.9 cm³/mol. The third-order valence-corrected chi connectivity index (χ3v) is 3.80. The summed E-state index contributed by atoms with van der Waals surface area (Å²) < 4.78 is 46.7. The molecule has 9 nitrogen and oxygen atoms in total. The van der Waals surface area contributed by atoms with Gasteiger partial charge in [-0.2, -0.15) is 18.2 Å². The topological polar surface area (TPSA) is 116 Å². The Balaban J connectivity index is 1.35. The summed E-state index contributed by atoms with van der Waals surface area (Å²) in [6.45, 7) is -0.0156. The van der Waals surface area contributed by atoms with Gasteiger partial charge in [0.15, 0.2) is 5.82 Å². The van der Waals surface area contributed by atoms with E-state index in [1.807, 2.05) is 30.3 Å². The van der Waals surface area contributed by atoms with Crippen LogP contribution in [0.25, 0.3) is 22.4 Å². The summed E-state index contributed by atoms with van der Waals surface area (Å²) in [6.07, 6.45) is -1.73. The number of benzene rings is 1. The number of fused-ring (bicyclic) bond motifs is 1. The van der Waals surface area contributed by atoms with Crippen LogP contribution in [0.3, 0.4) is 0 Å². The average Bonchev–Trinajstić information content (AvgIpc) is 3.23. The van der Waals surface area contributed by atoms with Gasteiger partial charge in [-0.25, -0.2) is 14.8 Å². The third-order valence-electron chi connectivity index (χ3n) is 3.80. The second-order valence-electron chi connectivity index (χ2n) is 5.95. The van der Waals surface area contributed by atoms with Gasteiger partial charge in [-0.15, -0.1) is 0 Å². The Morgan fingerprint density at radius 2 is 1.93 bits per heavy atom. The first-order chi connectivity index (χ1) is 14.4. The number of hydrogen-bond donors (Lipinski definition) is 1. The first-order valence-corrected chi connectivity index (χ1v) is 8.39. The van der Waals surface area contributed by atoms with Crippen LogP contribution in [0, 0.1) is 0 Å². The molecule has 1 amide bonds. The summed E-state index contributed by atoms with van der Waals surface area (Å²) in [5.74, 6) is -1.85.